The van der Waals surface area contributed by atoms with Crippen molar-refractivity contribution in [2.45, 2.75) is 51.5 Å². The van der Waals surface area contributed by atoms with E-state index in [0.29, 0.717) is 6.42 Å². The number of ether oxygens (including phenoxy) is 1. The fourth-order valence-corrected chi connectivity index (χ4v) is 3.34. The van der Waals surface area contributed by atoms with Crippen LogP contribution in [0.4, 0.5) is 0 Å². The van der Waals surface area contributed by atoms with Crippen LogP contribution in [0.2, 0.25) is 0 Å². The number of rotatable bonds is 3. The number of likely N-dealkylation sites (tertiary alicyclic amines) is 1. The van der Waals surface area contributed by atoms with Crippen molar-refractivity contribution in [1.29, 1.82) is 0 Å². The first-order valence-electron chi connectivity index (χ1n) is 7.65. The summed E-state index contributed by atoms with van der Waals surface area (Å²) in [5.41, 5.74) is -0.316. The number of carbonyl (C=O) groups is 2. The Morgan fingerprint density at radius 3 is 2.80 bits per heavy atom. The third-order valence-electron chi connectivity index (χ3n) is 4.63. The Hall–Kier alpha value is -1.10. The fourth-order valence-electron chi connectivity index (χ4n) is 3.34. The van der Waals surface area contributed by atoms with Crippen molar-refractivity contribution in [2.75, 3.05) is 26.7 Å². The van der Waals surface area contributed by atoms with Crippen LogP contribution in [0.25, 0.3) is 0 Å². The number of amides is 1. The molecule has 2 rings (SSSR count). The molecule has 1 amide bonds. The van der Waals surface area contributed by atoms with Gasteiger partial charge in [0.1, 0.15) is 0 Å². The Balaban J connectivity index is 2.06. The molecule has 5 nitrogen and oxygen atoms in total. The number of carbonyl (C=O) groups excluding carboxylic acids is 2. The van der Waals surface area contributed by atoms with Gasteiger partial charge in [-0.2, -0.15) is 0 Å². The van der Waals surface area contributed by atoms with E-state index in [9.17, 15) is 9.59 Å². The Bertz CT molecular complexity index is 364. The Morgan fingerprint density at radius 2 is 2.15 bits per heavy atom. The van der Waals surface area contributed by atoms with E-state index in [1.54, 1.807) is 0 Å². The van der Waals surface area contributed by atoms with Gasteiger partial charge in [0.15, 0.2) is 0 Å². The highest BCUT2D eigenvalue weighted by Gasteiger charge is 2.41. The van der Waals surface area contributed by atoms with Gasteiger partial charge < -0.3 is 15.0 Å². The molecule has 2 fully saturated rings. The lowest BCUT2D eigenvalue weighted by Gasteiger charge is -2.42. The average molecular weight is 282 g/mol. The van der Waals surface area contributed by atoms with E-state index in [4.69, 9.17) is 4.74 Å². The van der Waals surface area contributed by atoms with E-state index >= 15 is 0 Å². The predicted octanol–water partition coefficient (Wildman–Crippen LogP) is 1.32. The van der Waals surface area contributed by atoms with Crippen LogP contribution in [0, 0.1) is 5.41 Å². The molecule has 0 aliphatic carbocycles. The molecule has 2 atom stereocenters. The van der Waals surface area contributed by atoms with Crippen molar-refractivity contribution in [2.24, 2.45) is 5.41 Å². The van der Waals surface area contributed by atoms with Crippen LogP contribution in [0.3, 0.4) is 0 Å². The maximum Gasteiger partial charge on any atom is 0.307 e. The van der Waals surface area contributed by atoms with Crippen LogP contribution in [0.5, 0.6) is 0 Å². The Morgan fingerprint density at radius 1 is 1.35 bits per heavy atom. The molecule has 0 bridgehead atoms. The highest BCUT2D eigenvalue weighted by Crippen LogP contribution is 2.31. The molecular formula is C15H26N2O3. The van der Waals surface area contributed by atoms with E-state index in [2.05, 4.69) is 5.32 Å². The number of esters is 1. The van der Waals surface area contributed by atoms with Crippen LogP contribution in [0.1, 0.15) is 45.4 Å². The summed E-state index contributed by atoms with van der Waals surface area (Å²) in [5.74, 6) is -0.0140. The van der Waals surface area contributed by atoms with Gasteiger partial charge in [0, 0.05) is 19.1 Å². The van der Waals surface area contributed by atoms with Gasteiger partial charge in [-0.25, -0.2) is 0 Å². The van der Waals surface area contributed by atoms with Gasteiger partial charge in [0.2, 0.25) is 5.91 Å². The molecule has 2 unspecified atom stereocenters. The number of hydrogen-bond acceptors (Lipinski definition) is 4. The zero-order valence-electron chi connectivity index (χ0n) is 12.6. The molecule has 0 aromatic rings. The monoisotopic (exact) mass is 282 g/mol. The lowest BCUT2D eigenvalue weighted by Crippen LogP contribution is -2.54. The van der Waals surface area contributed by atoms with Crippen LogP contribution in [-0.4, -0.2) is 49.6 Å². The molecule has 0 radical (unpaired) electrons. The molecule has 20 heavy (non-hydrogen) atoms. The molecule has 0 aromatic carbocycles. The number of hydrogen-bond donors (Lipinski definition) is 1. The largest absolute Gasteiger partial charge is 0.469 e. The first-order valence-corrected chi connectivity index (χ1v) is 7.65. The van der Waals surface area contributed by atoms with Crippen molar-refractivity contribution in [1.82, 2.24) is 10.2 Å². The highest BCUT2D eigenvalue weighted by atomic mass is 16.5. The van der Waals surface area contributed by atoms with Gasteiger partial charge in [-0.15, -0.1) is 0 Å². The Kier molecular flexibility index (Phi) is 5.02. The minimum atomic E-state index is -0.316. The normalized spacial score (nSPS) is 30.9. The summed E-state index contributed by atoms with van der Waals surface area (Å²) in [4.78, 5) is 26.4. The number of nitrogens with one attached hydrogen (secondary N) is 1. The van der Waals surface area contributed by atoms with Crippen molar-refractivity contribution < 1.29 is 14.3 Å². The summed E-state index contributed by atoms with van der Waals surface area (Å²) in [6, 6.07) is 0.0162. The van der Waals surface area contributed by atoms with Crippen molar-refractivity contribution in [3.63, 3.8) is 0 Å². The molecule has 0 spiro atoms. The fraction of sp³-hybridized carbons (Fsp3) is 0.867. The highest BCUT2D eigenvalue weighted by molar-refractivity contribution is 5.84. The van der Waals surface area contributed by atoms with Gasteiger partial charge in [-0.05, 0) is 45.6 Å². The molecule has 1 N–H and O–H groups in total. The molecule has 2 aliphatic heterocycles. The minimum Gasteiger partial charge on any atom is -0.469 e. The summed E-state index contributed by atoms with van der Waals surface area (Å²) >= 11 is 0. The van der Waals surface area contributed by atoms with Crippen molar-refractivity contribution >= 4 is 11.9 Å². The summed E-state index contributed by atoms with van der Waals surface area (Å²) in [6.07, 6.45) is 5.32. The van der Waals surface area contributed by atoms with E-state index in [0.717, 1.165) is 51.7 Å². The maximum absolute atomic E-state index is 12.9. The number of piperidine rings is 2. The molecule has 2 saturated heterocycles. The van der Waals surface area contributed by atoms with Crippen LogP contribution in [-0.2, 0) is 14.3 Å². The van der Waals surface area contributed by atoms with E-state index in [1.807, 2.05) is 11.8 Å². The second kappa shape index (κ2) is 6.57. The van der Waals surface area contributed by atoms with Crippen molar-refractivity contribution in [3.05, 3.63) is 0 Å². The van der Waals surface area contributed by atoms with Gasteiger partial charge >= 0.3 is 5.97 Å². The molecule has 114 valence electrons. The SMILES string of the molecule is COC(=O)CC1CCCCN1C(=O)C1(C)CCCNC1. The van der Waals surface area contributed by atoms with Gasteiger partial charge in [-0.3, -0.25) is 9.59 Å². The lowest BCUT2D eigenvalue weighted by atomic mass is 9.80. The zero-order chi connectivity index (χ0) is 14.6. The number of methoxy groups -OCH3 is 1. The molecule has 2 heterocycles. The zero-order valence-corrected chi connectivity index (χ0v) is 12.6. The summed E-state index contributed by atoms with van der Waals surface area (Å²) in [5, 5.41) is 3.32. The minimum absolute atomic E-state index is 0.0162. The van der Waals surface area contributed by atoms with Crippen LogP contribution < -0.4 is 5.32 Å². The van der Waals surface area contributed by atoms with Gasteiger partial charge in [-0.1, -0.05) is 0 Å². The van der Waals surface area contributed by atoms with E-state index in [1.165, 1.54) is 7.11 Å². The van der Waals surface area contributed by atoms with Gasteiger partial charge in [0.05, 0.1) is 18.9 Å². The maximum atomic E-state index is 12.9. The quantitative estimate of drug-likeness (QED) is 0.793. The second-order valence-corrected chi connectivity index (χ2v) is 6.27. The predicted molar refractivity (Wildman–Crippen MR) is 76.2 cm³/mol. The third-order valence-corrected chi connectivity index (χ3v) is 4.63. The van der Waals surface area contributed by atoms with Crippen molar-refractivity contribution in [3.8, 4) is 0 Å². The Labute approximate surface area is 121 Å². The van der Waals surface area contributed by atoms with Gasteiger partial charge in [0.25, 0.3) is 0 Å². The third kappa shape index (κ3) is 3.32. The average Bonchev–Trinajstić information content (AvgIpc) is 2.47. The van der Waals surface area contributed by atoms with Crippen LogP contribution in [0.15, 0.2) is 0 Å². The second-order valence-electron chi connectivity index (χ2n) is 6.27. The molecular weight excluding hydrogens is 256 g/mol. The molecule has 5 heteroatoms. The first-order chi connectivity index (χ1) is 9.57. The lowest BCUT2D eigenvalue weighted by molar-refractivity contribution is -0.149. The topological polar surface area (TPSA) is 58.6 Å². The van der Waals surface area contributed by atoms with Crippen LogP contribution >= 0.6 is 0 Å². The summed E-state index contributed by atoms with van der Waals surface area (Å²) in [6.45, 7) is 4.56. The summed E-state index contributed by atoms with van der Waals surface area (Å²) in [7, 11) is 1.41. The standard InChI is InChI=1S/C15H26N2O3/c1-15(7-5-8-16-11-15)14(19)17-9-4-3-6-12(17)10-13(18)20-2/h12,16H,3-11H2,1-2H3. The summed E-state index contributed by atoms with van der Waals surface area (Å²) < 4.78 is 4.76. The first kappa shape index (κ1) is 15.3. The van der Waals surface area contributed by atoms with E-state index < -0.39 is 0 Å². The number of nitrogens with zero attached hydrogens (tertiary/aromatic N) is 1. The smallest absolute Gasteiger partial charge is 0.307 e. The van der Waals surface area contributed by atoms with E-state index in [-0.39, 0.29) is 23.3 Å². The molecule has 2 aliphatic rings. The molecule has 0 saturated carbocycles. The molecule has 0 aromatic heterocycles.